The lowest BCUT2D eigenvalue weighted by molar-refractivity contribution is -0.384. The molecule has 1 saturated heterocycles. The van der Waals surface area contributed by atoms with Crippen molar-refractivity contribution < 1.29 is 19.6 Å². The van der Waals surface area contributed by atoms with Gasteiger partial charge in [0.1, 0.15) is 16.7 Å². The van der Waals surface area contributed by atoms with Gasteiger partial charge < -0.3 is 10.0 Å². The smallest absolute Gasteiger partial charge is 0.326 e. The molecule has 1 N–H and O–H groups in total. The number of carboxylic acid groups (broad SMARTS) is 1. The van der Waals surface area contributed by atoms with E-state index >= 15 is 0 Å². The molecule has 1 saturated carbocycles. The summed E-state index contributed by atoms with van der Waals surface area (Å²) in [5.41, 5.74) is 0.697. The van der Waals surface area contributed by atoms with Gasteiger partial charge in [-0.15, -0.1) is 11.3 Å². The normalized spacial score (nSPS) is 24.0. The summed E-state index contributed by atoms with van der Waals surface area (Å²) in [5, 5.41) is 22.6. The number of thiazole rings is 1. The molecule has 0 bridgehead atoms. The first kappa shape index (κ1) is 17.6. The molecule has 140 valence electrons. The number of aliphatic carboxylic acids is 1. The fraction of sp³-hybridized carbons (Fsp3) is 0.389. The zero-order chi connectivity index (χ0) is 19.1. The topological polar surface area (TPSA) is 114 Å². The Kier molecular flexibility index (Phi) is 4.39. The number of fused-ring (bicyclic) bond motifs is 1. The highest BCUT2D eigenvalue weighted by atomic mass is 32.1. The van der Waals surface area contributed by atoms with E-state index in [1.807, 2.05) is 0 Å². The zero-order valence-corrected chi connectivity index (χ0v) is 15.1. The molecule has 3 unspecified atom stereocenters. The van der Waals surface area contributed by atoms with Crippen LogP contribution in [0.15, 0.2) is 29.6 Å². The number of carbonyl (C=O) groups excluding carboxylic acids is 1. The van der Waals surface area contributed by atoms with Gasteiger partial charge in [-0.25, -0.2) is 9.78 Å². The highest BCUT2D eigenvalue weighted by molar-refractivity contribution is 7.13. The number of hydrogen-bond donors (Lipinski definition) is 1. The number of likely N-dealkylation sites (tertiary alicyclic amines) is 1. The first-order valence-electron chi connectivity index (χ1n) is 8.70. The molecule has 4 rings (SSSR count). The van der Waals surface area contributed by atoms with Crippen LogP contribution in [0.1, 0.15) is 29.8 Å². The maximum absolute atomic E-state index is 12.9. The van der Waals surface area contributed by atoms with Gasteiger partial charge in [0.05, 0.1) is 4.92 Å². The summed E-state index contributed by atoms with van der Waals surface area (Å²) in [6, 6.07) is 5.27. The highest BCUT2D eigenvalue weighted by Crippen LogP contribution is 2.43. The average Bonchev–Trinajstić information content (AvgIpc) is 3.36. The van der Waals surface area contributed by atoms with Crippen LogP contribution in [-0.2, 0) is 4.79 Å². The van der Waals surface area contributed by atoms with Crippen molar-refractivity contribution in [3.63, 3.8) is 0 Å². The minimum atomic E-state index is -0.966. The minimum Gasteiger partial charge on any atom is -0.480 e. The van der Waals surface area contributed by atoms with E-state index in [4.69, 9.17) is 0 Å². The van der Waals surface area contributed by atoms with Crippen LogP contribution in [0.4, 0.5) is 5.69 Å². The molecule has 1 amide bonds. The zero-order valence-electron chi connectivity index (χ0n) is 14.3. The Balaban J connectivity index is 1.60. The van der Waals surface area contributed by atoms with Gasteiger partial charge in [-0.05, 0) is 24.7 Å². The number of carbonyl (C=O) groups is 2. The van der Waals surface area contributed by atoms with Gasteiger partial charge in [0.25, 0.3) is 11.6 Å². The molecule has 0 radical (unpaired) electrons. The molecule has 2 aromatic rings. The Bertz CT molecular complexity index is 927. The summed E-state index contributed by atoms with van der Waals surface area (Å²) >= 11 is 1.21. The van der Waals surface area contributed by atoms with Crippen LogP contribution in [0, 0.1) is 22.0 Å². The predicted octanol–water partition coefficient (Wildman–Crippen LogP) is 3.04. The van der Waals surface area contributed by atoms with Crippen LogP contribution in [0.25, 0.3) is 10.6 Å². The van der Waals surface area contributed by atoms with Gasteiger partial charge in [0.2, 0.25) is 0 Å². The number of benzene rings is 1. The fourth-order valence-corrected chi connectivity index (χ4v) is 5.03. The molecule has 2 heterocycles. The van der Waals surface area contributed by atoms with Crippen molar-refractivity contribution in [1.82, 2.24) is 9.88 Å². The van der Waals surface area contributed by atoms with Gasteiger partial charge >= 0.3 is 5.97 Å². The maximum Gasteiger partial charge on any atom is 0.326 e. The standard InChI is InChI=1S/C18H17N3O5S/c22-17(20-8-11-4-2-6-13(11)15(20)18(23)24)14-9-27-16(19-14)10-3-1-5-12(7-10)21(25)26/h1,3,5,7,9,11,13,15H,2,4,6,8H2,(H,23,24). The second-order valence-corrected chi connectivity index (χ2v) is 7.80. The Hall–Kier alpha value is -2.81. The number of nitro groups is 1. The van der Waals surface area contributed by atoms with Crippen molar-refractivity contribution in [3.05, 3.63) is 45.5 Å². The largest absolute Gasteiger partial charge is 0.480 e. The summed E-state index contributed by atoms with van der Waals surface area (Å²) in [5.74, 6) is -1.09. The Morgan fingerprint density at radius 2 is 2.15 bits per heavy atom. The lowest BCUT2D eigenvalue weighted by Crippen LogP contribution is -2.43. The van der Waals surface area contributed by atoms with Crippen LogP contribution in [0.5, 0.6) is 0 Å². The van der Waals surface area contributed by atoms with Crippen LogP contribution in [0.3, 0.4) is 0 Å². The number of nitro benzene ring substituents is 1. The van der Waals surface area contributed by atoms with Crippen molar-refractivity contribution in [1.29, 1.82) is 0 Å². The van der Waals surface area contributed by atoms with Crippen LogP contribution in [-0.4, -0.2) is 44.4 Å². The summed E-state index contributed by atoms with van der Waals surface area (Å²) in [6.07, 6.45) is 2.80. The SMILES string of the molecule is O=C(O)C1C2CCCC2CN1C(=O)c1csc(-c2cccc([N+](=O)[O-])c2)n1. The van der Waals surface area contributed by atoms with Gasteiger partial charge in [0.15, 0.2) is 0 Å². The molecule has 0 spiro atoms. The molecular formula is C18H17N3O5S. The van der Waals surface area contributed by atoms with E-state index in [2.05, 4.69) is 4.98 Å². The molecule has 2 aliphatic rings. The number of nitrogens with zero attached hydrogens (tertiary/aromatic N) is 3. The minimum absolute atomic E-state index is 0.0151. The Labute approximate surface area is 158 Å². The molecule has 1 aromatic heterocycles. The number of amides is 1. The molecule has 9 heteroatoms. The van der Waals surface area contributed by atoms with Crippen molar-refractivity contribution in [3.8, 4) is 10.6 Å². The molecular weight excluding hydrogens is 370 g/mol. The lowest BCUT2D eigenvalue weighted by atomic mass is 9.94. The van der Waals surface area contributed by atoms with Crippen LogP contribution >= 0.6 is 11.3 Å². The Morgan fingerprint density at radius 3 is 2.89 bits per heavy atom. The van der Waals surface area contributed by atoms with E-state index in [9.17, 15) is 24.8 Å². The summed E-state index contributed by atoms with van der Waals surface area (Å²) < 4.78 is 0. The second-order valence-electron chi connectivity index (χ2n) is 6.94. The van der Waals surface area contributed by atoms with Crippen molar-refractivity contribution in [2.75, 3.05) is 6.54 Å². The van der Waals surface area contributed by atoms with Crippen molar-refractivity contribution >= 4 is 28.9 Å². The summed E-state index contributed by atoms with van der Waals surface area (Å²) in [4.78, 5) is 40.9. The number of non-ortho nitro benzene ring substituents is 1. The second kappa shape index (κ2) is 6.73. The molecule has 8 nitrogen and oxygen atoms in total. The maximum atomic E-state index is 12.9. The fourth-order valence-electron chi connectivity index (χ4n) is 4.24. The molecule has 1 aliphatic heterocycles. The first-order chi connectivity index (χ1) is 13.0. The van der Waals surface area contributed by atoms with Crippen molar-refractivity contribution in [2.24, 2.45) is 11.8 Å². The number of aromatic nitrogens is 1. The van der Waals surface area contributed by atoms with Gasteiger partial charge in [-0.1, -0.05) is 18.6 Å². The molecule has 2 fully saturated rings. The quantitative estimate of drug-likeness (QED) is 0.637. The summed E-state index contributed by atoms with van der Waals surface area (Å²) in [6.45, 7) is 0.449. The molecule has 27 heavy (non-hydrogen) atoms. The predicted molar refractivity (Wildman–Crippen MR) is 97.5 cm³/mol. The van der Waals surface area contributed by atoms with E-state index in [-0.39, 0.29) is 29.1 Å². The third-order valence-electron chi connectivity index (χ3n) is 5.43. The number of carboxylic acids is 1. The van der Waals surface area contributed by atoms with Gasteiger partial charge in [-0.3, -0.25) is 14.9 Å². The van der Waals surface area contributed by atoms with E-state index in [0.717, 1.165) is 19.3 Å². The van der Waals surface area contributed by atoms with E-state index in [1.165, 1.54) is 28.4 Å². The van der Waals surface area contributed by atoms with E-state index < -0.39 is 16.9 Å². The van der Waals surface area contributed by atoms with Crippen molar-refractivity contribution in [2.45, 2.75) is 25.3 Å². The van der Waals surface area contributed by atoms with E-state index in [0.29, 0.717) is 17.1 Å². The highest BCUT2D eigenvalue weighted by Gasteiger charge is 2.49. The van der Waals surface area contributed by atoms with Crippen LogP contribution in [0.2, 0.25) is 0 Å². The third kappa shape index (κ3) is 3.08. The third-order valence-corrected chi connectivity index (χ3v) is 6.32. The van der Waals surface area contributed by atoms with Gasteiger partial charge in [-0.2, -0.15) is 0 Å². The average molecular weight is 387 g/mol. The number of rotatable bonds is 4. The molecule has 1 aromatic carbocycles. The summed E-state index contributed by atoms with van der Waals surface area (Å²) in [7, 11) is 0. The molecule has 3 atom stereocenters. The number of hydrogen-bond acceptors (Lipinski definition) is 6. The monoisotopic (exact) mass is 387 g/mol. The van der Waals surface area contributed by atoms with Gasteiger partial charge in [0, 0.05) is 29.6 Å². The molecule has 1 aliphatic carbocycles. The van der Waals surface area contributed by atoms with E-state index in [1.54, 1.807) is 17.5 Å². The first-order valence-corrected chi connectivity index (χ1v) is 9.58. The Morgan fingerprint density at radius 1 is 1.33 bits per heavy atom. The van der Waals surface area contributed by atoms with Crippen LogP contribution < -0.4 is 0 Å². The lowest BCUT2D eigenvalue weighted by Gasteiger charge is -2.23.